The van der Waals surface area contributed by atoms with Crippen molar-refractivity contribution >= 4 is 61.5 Å². The number of hydrogen-bond acceptors (Lipinski definition) is 3. The highest BCUT2D eigenvalue weighted by Gasteiger charge is 2.43. The van der Waals surface area contributed by atoms with E-state index in [0.717, 1.165) is 77.3 Å². The van der Waals surface area contributed by atoms with Gasteiger partial charge in [-0.05, 0) is 92.4 Å². The highest BCUT2D eigenvalue weighted by molar-refractivity contribution is 7.02. The number of fused-ring (bicyclic) bond motifs is 15. The fourth-order valence-corrected chi connectivity index (χ4v) is 9.89. The number of pyridine rings is 2. The molecule has 268 valence electrons. The first-order valence-electron chi connectivity index (χ1n) is 19.8. The zero-order valence-corrected chi connectivity index (χ0v) is 31.9. The van der Waals surface area contributed by atoms with Crippen molar-refractivity contribution in [1.82, 2.24) is 14.4 Å². The molecule has 12 rings (SSSR count). The first kappa shape index (κ1) is 32.3. The van der Waals surface area contributed by atoms with Gasteiger partial charge in [-0.1, -0.05) is 146 Å². The Labute approximate surface area is 330 Å². The second-order valence-corrected chi connectivity index (χ2v) is 16.7. The molecule has 0 aliphatic carbocycles. The van der Waals surface area contributed by atoms with Crippen molar-refractivity contribution in [3.63, 3.8) is 0 Å². The van der Waals surface area contributed by atoms with Crippen LogP contribution in [0.1, 0.15) is 26.3 Å². The molecule has 10 aromatic rings. The molecule has 3 aromatic heterocycles. The average Bonchev–Trinajstić information content (AvgIpc) is 3.91. The molecule has 2 aliphatic heterocycles. The summed E-state index contributed by atoms with van der Waals surface area (Å²) in [6, 6.07) is 54.2. The average molecular weight is 730 g/mol. The molecular formula is C52H36BN3O. The molecule has 7 aromatic carbocycles. The van der Waals surface area contributed by atoms with E-state index in [9.17, 15) is 5.11 Å². The van der Waals surface area contributed by atoms with Gasteiger partial charge in [-0.15, -0.1) is 0 Å². The van der Waals surface area contributed by atoms with Gasteiger partial charge in [-0.3, -0.25) is 9.38 Å². The highest BCUT2D eigenvalue weighted by atomic mass is 16.3. The van der Waals surface area contributed by atoms with E-state index in [1.807, 2.05) is 18.3 Å². The number of aromatic nitrogens is 3. The maximum absolute atomic E-state index is 12.3. The van der Waals surface area contributed by atoms with Crippen molar-refractivity contribution in [1.29, 1.82) is 0 Å². The Hall–Kier alpha value is -6.98. The lowest BCUT2D eigenvalue weighted by molar-refractivity contribution is 0.482. The third-order valence-corrected chi connectivity index (χ3v) is 12.5. The number of rotatable bonds is 3. The van der Waals surface area contributed by atoms with Gasteiger partial charge in [0, 0.05) is 28.1 Å². The third-order valence-electron chi connectivity index (χ3n) is 12.5. The lowest BCUT2D eigenvalue weighted by Gasteiger charge is -2.22. The normalized spacial score (nSPS) is 12.9. The summed E-state index contributed by atoms with van der Waals surface area (Å²) in [6.07, 6.45) is 1.91. The van der Waals surface area contributed by atoms with Gasteiger partial charge >= 0.3 is 0 Å². The van der Waals surface area contributed by atoms with E-state index < -0.39 is 0 Å². The van der Waals surface area contributed by atoms with E-state index in [2.05, 4.69) is 165 Å². The summed E-state index contributed by atoms with van der Waals surface area (Å²) in [7, 11) is 0. The zero-order chi connectivity index (χ0) is 38.2. The Morgan fingerprint density at radius 2 is 1.28 bits per heavy atom. The molecule has 0 saturated carbocycles. The molecule has 57 heavy (non-hydrogen) atoms. The SMILES string of the molecule is CC(C)(C)c1cc(-c2cc(-c3ccccc3)ccn2)cc(-c2cccc3c2nc2c4c(O)cc5c(c4c4ccccc4n32)-c2cccc3c2B5c2ccccc2-3)c1. The van der Waals surface area contributed by atoms with Crippen molar-refractivity contribution in [2.75, 3.05) is 0 Å². The first-order chi connectivity index (χ1) is 27.8. The Morgan fingerprint density at radius 1 is 0.561 bits per heavy atom. The second-order valence-electron chi connectivity index (χ2n) is 16.7. The van der Waals surface area contributed by atoms with Crippen molar-refractivity contribution < 1.29 is 5.11 Å². The number of imidazole rings is 1. The maximum atomic E-state index is 12.3. The van der Waals surface area contributed by atoms with Crippen LogP contribution in [0, 0.1) is 0 Å². The van der Waals surface area contributed by atoms with Gasteiger partial charge < -0.3 is 5.11 Å². The summed E-state index contributed by atoms with van der Waals surface area (Å²) in [6.45, 7) is 6.87. The standard InChI is InChI=1S/C52H36BN3O/c1-52(2,3)34-26-32(25-33(27-34)42-28-31(23-24-54-42)30-13-5-4-6-14-30)35-17-12-22-44-50(35)55-51-48-45(57)29-41-46(47(48)38-16-8-10-21-43(38)56(44)51)39-19-11-18-37-36-15-7-9-20-40(36)53(41)49(37)39/h4-29,57H,1-3H3. The highest BCUT2D eigenvalue weighted by Crippen LogP contribution is 2.46. The van der Waals surface area contributed by atoms with Crippen LogP contribution in [0.2, 0.25) is 0 Å². The molecule has 0 fully saturated rings. The van der Waals surface area contributed by atoms with Gasteiger partial charge in [0.1, 0.15) is 11.4 Å². The molecule has 0 amide bonds. The van der Waals surface area contributed by atoms with Gasteiger partial charge in [-0.25, -0.2) is 4.98 Å². The predicted molar refractivity (Wildman–Crippen MR) is 238 cm³/mol. The van der Waals surface area contributed by atoms with Crippen LogP contribution in [-0.4, -0.2) is 26.2 Å². The first-order valence-corrected chi connectivity index (χ1v) is 19.8. The molecule has 0 bridgehead atoms. The van der Waals surface area contributed by atoms with Crippen molar-refractivity contribution in [3.8, 4) is 61.5 Å². The predicted octanol–water partition coefficient (Wildman–Crippen LogP) is 10.7. The number of phenols is 1. The van der Waals surface area contributed by atoms with Crippen LogP contribution in [0.15, 0.2) is 158 Å². The number of hydrogen-bond donors (Lipinski definition) is 1. The summed E-state index contributed by atoms with van der Waals surface area (Å²) in [5.41, 5.74) is 20.1. The van der Waals surface area contributed by atoms with Crippen LogP contribution in [0.4, 0.5) is 0 Å². The van der Waals surface area contributed by atoms with Gasteiger partial charge in [0.2, 0.25) is 6.71 Å². The Kier molecular flexibility index (Phi) is 6.53. The number of nitrogens with zero attached hydrogens (tertiary/aromatic N) is 3. The number of benzene rings is 7. The summed E-state index contributed by atoms with van der Waals surface area (Å²) in [4.78, 5) is 10.4. The van der Waals surface area contributed by atoms with E-state index in [1.165, 1.54) is 38.7 Å². The van der Waals surface area contributed by atoms with E-state index in [0.29, 0.717) is 0 Å². The molecule has 2 aliphatic rings. The topological polar surface area (TPSA) is 50.4 Å². The molecule has 0 spiro atoms. The Morgan fingerprint density at radius 3 is 2.16 bits per heavy atom. The molecule has 1 N–H and O–H groups in total. The number of para-hydroxylation sites is 2. The zero-order valence-electron chi connectivity index (χ0n) is 31.9. The summed E-state index contributed by atoms with van der Waals surface area (Å²) in [5.74, 6) is 0.261. The molecular weight excluding hydrogens is 693 g/mol. The van der Waals surface area contributed by atoms with Gasteiger partial charge in [0.05, 0.1) is 27.6 Å². The summed E-state index contributed by atoms with van der Waals surface area (Å²) < 4.78 is 2.26. The number of aromatic hydroxyl groups is 1. The Bertz CT molecular complexity index is 3360. The van der Waals surface area contributed by atoms with Crippen LogP contribution in [0.3, 0.4) is 0 Å². The van der Waals surface area contributed by atoms with Crippen LogP contribution < -0.4 is 16.4 Å². The smallest absolute Gasteiger partial charge is 0.244 e. The molecule has 5 heterocycles. The van der Waals surface area contributed by atoms with Gasteiger partial charge in [-0.2, -0.15) is 0 Å². The minimum atomic E-state index is -0.107. The van der Waals surface area contributed by atoms with Crippen LogP contribution in [-0.2, 0) is 5.41 Å². The van der Waals surface area contributed by atoms with Crippen molar-refractivity contribution in [3.05, 3.63) is 163 Å². The quantitative estimate of drug-likeness (QED) is 0.146. The lowest BCUT2D eigenvalue weighted by atomic mass is 9.41. The largest absolute Gasteiger partial charge is 0.507 e. The summed E-state index contributed by atoms with van der Waals surface area (Å²) in [5, 5.41) is 15.2. The minimum absolute atomic E-state index is 0.0882. The van der Waals surface area contributed by atoms with Crippen molar-refractivity contribution in [2.45, 2.75) is 26.2 Å². The van der Waals surface area contributed by atoms with Gasteiger partial charge in [0.15, 0.2) is 0 Å². The number of phenolic OH excluding ortho intramolecular Hbond substituents is 1. The third kappa shape index (κ3) is 4.51. The molecule has 4 nitrogen and oxygen atoms in total. The summed E-state index contributed by atoms with van der Waals surface area (Å²) >= 11 is 0. The van der Waals surface area contributed by atoms with Crippen LogP contribution >= 0.6 is 0 Å². The molecule has 0 unspecified atom stereocenters. The second kappa shape index (κ2) is 11.5. The fraction of sp³-hybridized carbons (Fsp3) is 0.0769. The van der Waals surface area contributed by atoms with Gasteiger partial charge in [0.25, 0.3) is 0 Å². The van der Waals surface area contributed by atoms with E-state index in [-0.39, 0.29) is 17.9 Å². The molecule has 5 heteroatoms. The van der Waals surface area contributed by atoms with Crippen molar-refractivity contribution in [2.24, 2.45) is 0 Å². The van der Waals surface area contributed by atoms with E-state index in [4.69, 9.17) is 9.97 Å². The minimum Gasteiger partial charge on any atom is -0.507 e. The lowest BCUT2D eigenvalue weighted by Crippen LogP contribution is -2.45. The van der Waals surface area contributed by atoms with Crippen LogP contribution in [0.25, 0.3) is 94.1 Å². The molecule has 0 atom stereocenters. The van der Waals surface area contributed by atoms with E-state index >= 15 is 0 Å². The monoisotopic (exact) mass is 729 g/mol. The Balaban J connectivity index is 1.13. The van der Waals surface area contributed by atoms with Crippen LogP contribution in [0.5, 0.6) is 5.75 Å². The molecule has 0 saturated heterocycles. The van der Waals surface area contributed by atoms with E-state index in [1.54, 1.807) is 0 Å². The molecule has 0 radical (unpaired) electrons. The fourth-order valence-electron chi connectivity index (χ4n) is 9.89. The maximum Gasteiger partial charge on any atom is 0.244 e.